The Morgan fingerprint density at radius 2 is 1.81 bits per heavy atom. The van der Waals surface area contributed by atoms with Gasteiger partial charge in [0.2, 0.25) is 0 Å². The van der Waals surface area contributed by atoms with Gasteiger partial charge in [-0.3, -0.25) is 0 Å². The van der Waals surface area contributed by atoms with E-state index < -0.39 is 0 Å². The third-order valence-corrected chi connectivity index (χ3v) is 3.24. The van der Waals surface area contributed by atoms with Gasteiger partial charge in [-0.25, -0.2) is 0 Å². The van der Waals surface area contributed by atoms with Crippen LogP contribution in [-0.2, 0) is 6.61 Å². The zero-order chi connectivity index (χ0) is 15.2. The Labute approximate surface area is 129 Å². The van der Waals surface area contributed by atoms with Gasteiger partial charge in [0.05, 0.1) is 14.2 Å². The van der Waals surface area contributed by atoms with Crippen molar-refractivity contribution in [3.05, 3.63) is 53.6 Å². The summed E-state index contributed by atoms with van der Waals surface area (Å²) in [5.74, 6) is 2.20. The van der Waals surface area contributed by atoms with E-state index >= 15 is 0 Å². The number of benzene rings is 2. The fourth-order valence-electron chi connectivity index (χ4n) is 1.90. The lowest BCUT2D eigenvalue weighted by Gasteiger charge is -2.12. The van der Waals surface area contributed by atoms with E-state index in [4.69, 9.17) is 32.2 Å². The standard InChI is InChI=1S/C16H17NO3S/c1-18-13-4-3-5-14(9-13)20-10-12-8-11(16(17)21)6-7-15(12)19-2/h3-9H,10H2,1-2H3,(H2,17,21). The maximum atomic E-state index is 5.77. The fraction of sp³-hybridized carbons (Fsp3) is 0.188. The average Bonchev–Trinajstić information content (AvgIpc) is 2.52. The van der Waals surface area contributed by atoms with Gasteiger partial charge in [0.25, 0.3) is 0 Å². The lowest BCUT2D eigenvalue weighted by Crippen LogP contribution is -2.10. The smallest absolute Gasteiger partial charge is 0.125 e. The highest BCUT2D eigenvalue weighted by Gasteiger charge is 2.07. The van der Waals surface area contributed by atoms with E-state index in [0.717, 1.165) is 28.4 Å². The van der Waals surface area contributed by atoms with Crippen molar-refractivity contribution < 1.29 is 14.2 Å². The molecule has 5 heteroatoms. The fourth-order valence-corrected chi connectivity index (χ4v) is 2.02. The Morgan fingerprint density at radius 3 is 2.48 bits per heavy atom. The summed E-state index contributed by atoms with van der Waals surface area (Å²) in [6.45, 7) is 0.354. The molecule has 2 rings (SSSR count). The van der Waals surface area contributed by atoms with E-state index in [1.807, 2.05) is 42.5 Å². The summed E-state index contributed by atoms with van der Waals surface area (Å²) in [6.07, 6.45) is 0. The summed E-state index contributed by atoms with van der Waals surface area (Å²) in [5, 5.41) is 0. The maximum Gasteiger partial charge on any atom is 0.125 e. The average molecular weight is 303 g/mol. The third kappa shape index (κ3) is 3.86. The molecule has 110 valence electrons. The Morgan fingerprint density at radius 1 is 1.05 bits per heavy atom. The molecule has 0 aliphatic carbocycles. The molecule has 21 heavy (non-hydrogen) atoms. The minimum atomic E-state index is 0.347. The largest absolute Gasteiger partial charge is 0.497 e. The number of methoxy groups -OCH3 is 2. The first kappa shape index (κ1) is 15.1. The lowest BCUT2D eigenvalue weighted by atomic mass is 10.1. The molecule has 0 radical (unpaired) electrons. The molecule has 0 spiro atoms. The van der Waals surface area contributed by atoms with Gasteiger partial charge < -0.3 is 19.9 Å². The Hall–Kier alpha value is -2.27. The summed E-state index contributed by atoms with van der Waals surface area (Å²) in [6, 6.07) is 13.0. The van der Waals surface area contributed by atoms with Crippen LogP contribution >= 0.6 is 12.2 Å². The lowest BCUT2D eigenvalue weighted by molar-refractivity contribution is 0.294. The molecule has 0 aromatic heterocycles. The van der Waals surface area contributed by atoms with E-state index in [1.165, 1.54) is 0 Å². The van der Waals surface area contributed by atoms with E-state index in [2.05, 4.69) is 0 Å². The predicted molar refractivity (Wildman–Crippen MR) is 86.2 cm³/mol. The van der Waals surface area contributed by atoms with E-state index in [0.29, 0.717) is 11.6 Å². The highest BCUT2D eigenvalue weighted by atomic mass is 32.1. The normalized spacial score (nSPS) is 10.0. The molecule has 0 heterocycles. The number of rotatable bonds is 6. The first-order valence-corrected chi connectivity index (χ1v) is 6.78. The number of nitrogens with two attached hydrogens (primary N) is 1. The monoisotopic (exact) mass is 303 g/mol. The molecule has 4 nitrogen and oxygen atoms in total. The van der Waals surface area contributed by atoms with Gasteiger partial charge in [0.1, 0.15) is 28.8 Å². The Balaban J connectivity index is 2.17. The molecule has 0 saturated heterocycles. The maximum absolute atomic E-state index is 5.77. The van der Waals surface area contributed by atoms with Crippen LogP contribution < -0.4 is 19.9 Å². The molecular weight excluding hydrogens is 286 g/mol. The van der Waals surface area contributed by atoms with Gasteiger partial charge in [0.15, 0.2) is 0 Å². The summed E-state index contributed by atoms with van der Waals surface area (Å²) >= 11 is 4.99. The molecule has 2 aromatic rings. The molecule has 2 aromatic carbocycles. The number of hydrogen-bond donors (Lipinski definition) is 1. The SMILES string of the molecule is COc1cccc(OCc2cc(C(N)=S)ccc2OC)c1. The summed E-state index contributed by atoms with van der Waals surface area (Å²) in [5.41, 5.74) is 7.32. The Bertz CT molecular complexity index is 643. The minimum absolute atomic E-state index is 0.347. The molecule has 0 amide bonds. The molecule has 0 atom stereocenters. The van der Waals surface area contributed by atoms with Crippen molar-refractivity contribution in [3.63, 3.8) is 0 Å². The molecule has 0 bridgehead atoms. The molecule has 0 aliphatic rings. The van der Waals surface area contributed by atoms with Gasteiger partial charge in [-0.05, 0) is 30.3 Å². The highest BCUT2D eigenvalue weighted by molar-refractivity contribution is 7.80. The first-order valence-electron chi connectivity index (χ1n) is 6.37. The van der Waals surface area contributed by atoms with Gasteiger partial charge in [-0.15, -0.1) is 0 Å². The second-order valence-corrected chi connectivity index (χ2v) is 4.80. The molecule has 0 aliphatic heterocycles. The zero-order valence-electron chi connectivity index (χ0n) is 12.0. The van der Waals surface area contributed by atoms with Crippen LogP contribution in [0, 0.1) is 0 Å². The van der Waals surface area contributed by atoms with Crippen LogP contribution in [0.4, 0.5) is 0 Å². The van der Waals surface area contributed by atoms with Crippen LogP contribution in [0.15, 0.2) is 42.5 Å². The molecule has 0 unspecified atom stereocenters. The van der Waals surface area contributed by atoms with Crippen molar-refractivity contribution >= 4 is 17.2 Å². The second-order valence-electron chi connectivity index (χ2n) is 4.36. The van der Waals surface area contributed by atoms with Crippen molar-refractivity contribution in [2.75, 3.05) is 14.2 Å². The van der Waals surface area contributed by atoms with Gasteiger partial charge in [-0.1, -0.05) is 18.3 Å². The number of hydrogen-bond acceptors (Lipinski definition) is 4. The number of ether oxygens (including phenoxy) is 3. The van der Waals surface area contributed by atoms with Crippen molar-refractivity contribution in [1.29, 1.82) is 0 Å². The van der Waals surface area contributed by atoms with Crippen LogP contribution in [0.3, 0.4) is 0 Å². The van der Waals surface area contributed by atoms with Crippen LogP contribution in [-0.4, -0.2) is 19.2 Å². The van der Waals surface area contributed by atoms with Crippen molar-refractivity contribution in [3.8, 4) is 17.2 Å². The minimum Gasteiger partial charge on any atom is -0.497 e. The van der Waals surface area contributed by atoms with Crippen LogP contribution in [0.1, 0.15) is 11.1 Å². The summed E-state index contributed by atoms with van der Waals surface area (Å²) in [7, 11) is 3.23. The quantitative estimate of drug-likeness (QED) is 0.832. The summed E-state index contributed by atoms with van der Waals surface area (Å²) < 4.78 is 16.3. The first-order chi connectivity index (χ1) is 10.1. The second kappa shape index (κ2) is 6.95. The van der Waals surface area contributed by atoms with Gasteiger partial charge >= 0.3 is 0 Å². The topological polar surface area (TPSA) is 53.7 Å². The van der Waals surface area contributed by atoms with E-state index in [1.54, 1.807) is 14.2 Å². The third-order valence-electron chi connectivity index (χ3n) is 3.00. The van der Waals surface area contributed by atoms with Crippen molar-refractivity contribution in [2.24, 2.45) is 5.73 Å². The van der Waals surface area contributed by atoms with E-state index in [-0.39, 0.29) is 0 Å². The predicted octanol–water partition coefficient (Wildman–Crippen LogP) is 2.92. The van der Waals surface area contributed by atoms with Gasteiger partial charge in [-0.2, -0.15) is 0 Å². The van der Waals surface area contributed by atoms with Crippen LogP contribution in [0.25, 0.3) is 0 Å². The highest BCUT2D eigenvalue weighted by Crippen LogP contribution is 2.24. The zero-order valence-corrected chi connectivity index (χ0v) is 12.8. The van der Waals surface area contributed by atoms with E-state index in [9.17, 15) is 0 Å². The molecule has 0 fully saturated rings. The van der Waals surface area contributed by atoms with Crippen molar-refractivity contribution in [1.82, 2.24) is 0 Å². The molecule has 0 saturated carbocycles. The van der Waals surface area contributed by atoms with Crippen molar-refractivity contribution in [2.45, 2.75) is 6.61 Å². The molecule has 2 N–H and O–H groups in total. The van der Waals surface area contributed by atoms with Crippen LogP contribution in [0.2, 0.25) is 0 Å². The van der Waals surface area contributed by atoms with Crippen LogP contribution in [0.5, 0.6) is 17.2 Å². The van der Waals surface area contributed by atoms with Gasteiger partial charge in [0, 0.05) is 17.2 Å². The Kier molecular flexibility index (Phi) is 5.00. The molecular formula is C16H17NO3S. The number of thiocarbonyl (C=S) groups is 1. The summed E-state index contributed by atoms with van der Waals surface area (Å²) in [4.78, 5) is 0.347.